The summed E-state index contributed by atoms with van der Waals surface area (Å²) in [6.07, 6.45) is 0.172. The van der Waals surface area contributed by atoms with E-state index in [0.717, 1.165) is 10.3 Å². The fourth-order valence-electron chi connectivity index (χ4n) is 3.91. The summed E-state index contributed by atoms with van der Waals surface area (Å²) in [4.78, 5) is 62.3. The third kappa shape index (κ3) is 4.71. The van der Waals surface area contributed by atoms with Gasteiger partial charge in [-0.2, -0.15) is 0 Å². The van der Waals surface area contributed by atoms with Crippen LogP contribution >= 0.6 is 0 Å². The van der Waals surface area contributed by atoms with Gasteiger partial charge in [-0.05, 0) is 48.2 Å². The van der Waals surface area contributed by atoms with Gasteiger partial charge in [-0.1, -0.05) is 24.3 Å². The Morgan fingerprint density at radius 1 is 0.882 bits per heavy atom. The molecule has 1 aliphatic rings. The molecule has 0 saturated carbocycles. The molecule has 1 heterocycles. The molecule has 0 fully saturated rings. The van der Waals surface area contributed by atoms with Crippen molar-refractivity contribution in [2.75, 3.05) is 18.5 Å². The van der Waals surface area contributed by atoms with Gasteiger partial charge in [0, 0.05) is 47.7 Å². The largest absolute Gasteiger partial charge is 0.457 e. The Balaban J connectivity index is 1.29. The number of hydrogen-bond donors (Lipinski definition) is 1. The maximum Gasteiger partial charge on any atom is 0.306 e. The Hall–Kier alpha value is -4.33. The molecule has 4 rings (SSSR count). The van der Waals surface area contributed by atoms with E-state index < -0.39 is 12.6 Å². The summed E-state index contributed by atoms with van der Waals surface area (Å²) in [7, 11) is 0. The van der Waals surface area contributed by atoms with Crippen molar-refractivity contribution in [3.63, 3.8) is 0 Å². The van der Waals surface area contributed by atoms with Crippen LogP contribution in [0, 0.1) is 0 Å². The lowest BCUT2D eigenvalue weighted by atomic mass is 9.94. The summed E-state index contributed by atoms with van der Waals surface area (Å²) in [6.45, 7) is 1.03. The minimum absolute atomic E-state index is 0.0440. The molecule has 0 atom stereocenters. The van der Waals surface area contributed by atoms with Gasteiger partial charge in [0.25, 0.3) is 11.8 Å². The zero-order chi connectivity index (χ0) is 24.2. The fraction of sp³-hybridized carbons (Fsp3) is 0.192. The highest BCUT2D eigenvalue weighted by molar-refractivity contribution is 6.25. The molecule has 3 amide bonds. The summed E-state index contributed by atoms with van der Waals surface area (Å²) < 4.78 is 5.05. The van der Waals surface area contributed by atoms with Crippen molar-refractivity contribution in [3.05, 3.63) is 77.4 Å². The lowest BCUT2D eigenvalue weighted by Crippen LogP contribution is -2.41. The van der Waals surface area contributed by atoms with Crippen molar-refractivity contribution in [3.8, 4) is 0 Å². The molecule has 3 aromatic rings. The first-order chi connectivity index (χ1) is 16.3. The van der Waals surface area contributed by atoms with E-state index in [2.05, 4.69) is 5.32 Å². The molecule has 1 N–H and O–H groups in total. The van der Waals surface area contributed by atoms with E-state index in [9.17, 15) is 24.0 Å². The number of esters is 1. The zero-order valence-corrected chi connectivity index (χ0v) is 18.5. The van der Waals surface area contributed by atoms with E-state index in [1.807, 2.05) is 12.1 Å². The standard InChI is InChI=1S/C26H22N2O6/c1-16(29)27-19-12-10-17(11-13-19)22(30)15-34-23(31)9-4-14-28-25(32)20-7-2-5-18-6-3-8-21(24(18)20)26(28)33/h2-3,5-8,10-13H,4,9,14-15H2,1H3,(H,27,29). The molecule has 0 radical (unpaired) electrons. The second kappa shape index (κ2) is 9.66. The quantitative estimate of drug-likeness (QED) is 0.314. The molecule has 0 aliphatic carbocycles. The molecule has 0 aromatic heterocycles. The average molecular weight is 458 g/mol. The summed E-state index contributed by atoms with van der Waals surface area (Å²) in [5.74, 6) is -1.97. The molecule has 8 nitrogen and oxygen atoms in total. The lowest BCUT2D eigenvalue weighted by Gasteiger charge is -2.27. The first-order valence-electron chi connectivity index (χ1n) is 10.8. The first kappa shape index (κ1) is 22.8. The Kier molecular flexibility index (Phi) is 6.49. The van der Waals surface area contributed by atoms with Crippen LogP contribution in [0.2, 0.25) is 0 Å². The smallest absolute Gasteiger partial charge is 0.306 e. The van der Waals surface area contributed by atoms with Crippen molar-refractivity contribution in [2.24, 2.45) is 0 Å². The maximum atomic E-state index is 12.9. The number of anilines is 1. The van der Waals surface area contributed by atoms with Crippen LogP contribution in [0.4, 0.5) is 5.69 Å². The van der Waals surface area contributed by atoms with Crippen LogP contribution in [0.15, 0.2) is 60.7 Å². The number of carbonyl (C=O) groups excluding carboxylic acids is 5. The topological polar surface area (TPSA) is 110 Å². The van der Waals surface area contributed by atoms with Crippen molar-refractivity contribution in [1.29, 1.82) is 0 Å². The van der Waals surface area contributed by atoms with Gasteiger partial charge in [0.2, 0.25) is 5.91 Å². The summed E-state index contributed by atoms with van der Waals surface area (Å²) in [6, 6.07) is 16.9. The van der Waals surface area contributed by atoms with Crippen LogP contribution < -0.4 is 5.32 Å². The third-order valence-corrected chi connectivity index (χ3v) is 5.51. The Labute approximate surface area is 195 Å². The number of benzene rings is 3. The van der Waals surface area contributed by atoms with E-state index in [-0.39, 0.29) is 42.9 Å². The van der Waals surface area contributed by atoms with Crippen molar-refractivity contribution in [1.82, 2.24) is 4.90 Å². The highest BCUT2D eigenvalue weighted by Crippen LogP contribution is 2.30. The number of carbonyl (C=O) groups is 5. The minimum atomic E-state index is -0.595. The van der Waals surface area contributed by atoms with Gasteiger partial charge in [-0.25, -0.2) is 0 Å². The number of ether oxygens (including phenoxy) is 1. The van der Waals surface area contributed by atoms with Crippen molar-refractivity contribution < 1.29 is 28.7 Å². The van der Waals surface area contributed by atoms with Gasteiger partial charge >= 0.3 is 5.97 Å². The molecule has 3 aromatic carbocycles. The molecule has 0 bridgehead atoms. The number of amides is 3. The molecule has 1 aliphatic heterocycles. The van der Waals surface area contributed by atoms with Crippen LogP contribution in [0.25, 0.3) is 10.8 Å². The van der Waals surface area contributed by atoms with Crippen LogP contribution in [0.3, 0.4) is 0 Å². The molecular formula is C26H22N2O6. The Bertz CT molecular complexity index is 1260. The number of rotatable bonds is 8. The van der Waals surface area contributed by atoms with Crippen LogP contribution in [0.5, 0.6) is 0 Å². The Morgan fingerprint density at radius 2 is 1.50 bits per heavy atom. The number of imide groups is 1. The number of Topliss-reactive ketones (excluding diaryl/α,β-unsaturated/α-hetero) is 1. The number of nitrogens with one attached hydrogen (secondary N) is 1. The molecule has 0 spiro atoms. The highest BCUT2D eigenvalue weighted by Gasteiger charge is 2.32. The van der Waals surface area contributed by atoms with Gasteiger partial charge in [-0.15, -0.1) is 0 Å². The van der Waals surface area contributed by atoms with Gasteiger partial charge in [-0.3, -0.25) is 28.9 Å². The molecular weight excluding hydrogens is 436 g/mol. The van der Waals surface area contributed by atoms with E-state index in [4.69, 9.17) is 4.74 Å². The van der Waals surface area contributed by atoms with E-state index in [1.165, 1.54) is 19.1 Å². The van der Waals surface area contributed by atoms with Gasteiger partial charge in [0.05, 0.1) is 0 Å². The van der Waals surface area contributed by atoms with E-state index >= 15 is 0 Å². The molecule has 0 unspecified atom stereocenters. The molecule has 34 heavy (non-hydrogen) atoms. The first-order valence-corrected chi connectivity index (χ1v) is 10.8. The molecule has 8 heteroatoms. The second-order valence-corrected chi connectivity index (χ2v) is 7.92. The monoisotopic (exact) mass is 458 g/mol. The summed E-state index contributed by atoms with van der Waals surface area (Å²) >= 11 is 0. The van der Waals surface area contributed by atoms with E-state index in [0.29, 0.717) is 27.8 Å². The summed E-state index contributed by atoms with van der Waals surface area (Å²) in [5.41, 5.74) is 1.83. The number of ketones is 1. The van der Waals surface area contributed by atoms with E-state index in [1.54, 1.807) is 36.4 Å². The van der Waals surface area contributed by atoms with Gasteiger partial charge < -0.3 is 10.1 Å². The average Bonchev–Trinajstić information content (AvgIpc) is 2.83. The normalized spacial score (nSPS) is 12.6. The van der Waals surface area contributed by atoms with Crippen LogP contribution in [0.1, 0.15) is 50.8 Å². The number of nitrogens with zero attached hydrogens (tertiary/aromatic N) is 1. The van der Waals surface area contributed by atoms with Gasteiger partial charge in [0.1, 0.15) is 0 Å². The summed E-state index contributed by atoms with van der Waals surface area (Å²) in [5, 5.41) is 4.08. The lowest BCUT2D eigenvalue weighted by molar-refractivity contribution is -0.142. The minimum Gasteiger partial charge on any atom is -0.457 e. The predicted molar refractivity (Wildman–Crippen MR) is 125 cm³/mol. The van der Waals surface area contributed by atoms with Gasteiger partial charge in [0.15, 0.2) is 12.4 Å². The van der Waals surface area contributed by atoms with Crippen LogP contribution in [-0.2, 0) is 14.3 Å². The second-order valence-electron chi connectivity index (χ2n) is 7.92. The fourth-order valence-corrected chi connectivity index (χ4v) is 3.91. The highest BCUT2D eigenvalue weighted by atomic mass is 16.5. The maximum absolute atomic E-state index is 12.9. The molecule has 0 saturated heterocycles. The van der Waals surface area contributed by atoms with Crippen LogP contribution in [-0.4, -0.2) is 47.5 Å². The molecule has 172 valence electrons. The van der Waals surface area contributed by atoms with Crippen molar-refractivity contribution in [2.45, 2.75) is 19.8 Å². The predicted octanol–water partition coefficient (Wildman–Crippen LogP) is 3.60. The van der Waals surface area contributed by atoms with Crippen molar-refractivity contribution >= 4 is 45.9 Å². The zero-order valence-electron chi connectivity index (χ0n) is 18.5. The SMILES string of the molecule is CC(=O)Nc1ccc(C(=O)COC(=O)CCCN2C(=O)c3cccc4cccc(c34)C2=O)cc1. The third-order valence-electron chi connectivity index (χ3n) is 5.51. The number of hydrogen-bond acceptors (Lipinski definition) is 6. The Morgan fingerprint density at radius 3 is 2.09 bits per heavy atom.